The van der Waals surface area contributed by atoms with Gasteiger partial charge in [-0.15, -0.1) is 12.3 Å². The van der Waals surface area contributed by atoms with Crippen molar-refractivity contribution in [2.45, 2.75) is 45.7 Å². The zero-order valence-corrected chi connectivity index (χ0v) is 17.6. The zero-order valence-electron chi connectivity index (χ0n) is 17.6. The molecule has 1 heterocycles. The number of hydrogen-bond acceptors (Lipinski definition) is 2. The SMILES string of the molecule is C#CCCc1cn(C(C)(C)C)c(=O)n1Cc1ccc(-c2ccccc2C(=O)O)cc1. The molecular weight excluding hydrogens is 376 g/mol. The third-order valence-electron chi connectivity index (χ3n) is 5.07. The molecule has 5 nitrogen and oxygen atoms in total. The van der Waals surface area contributed by atoms with Crippen LogP contribution >= 0.6 is 0 Å². The van der Waals surface area contributed by atoms with Crippen LogP contribution < -0.4 is 5.69 Å². The van der Waals surface area contributed by atoms with Crippen molar-refractivity contribution in [1.29, 1.82) is 0 Å². The minimum atomic E-state index is -0.956. The lowest BCUT2D eigenvalue weighted by Crippen LogP contribution is -2.34. The molecule has 0 aliphatic rings. The van der Waals surface area contributed by atoms with Crippen LogP contribution in [-0.4, -0.2) is 20.2 Å². The van der Waals surface area contributed by atoms with E-state index < -0.39 is 5.97 Å². The molecule has 0 amide bonds. The van der Waals surface area contributed by atoms with E-state index in [-0.39, 0.29) is 16.8 Å². The van der Waals surface area contributed by atoms with Crippen molar-refractivity contribution < 1.29 is 9.90 Å². The van der Waals surface area contributed by atoms with Crippen LogP contribution in [0, 0.1) is 12.3 Å². The van der Waals surface area contributed by atoms with Gasteiger partial charge in [-0.25, -0.2) is 9.59 Å². The number of rotatable bonds is 6. The molecule has 0 saturated heterocycles. The maximum Gasteiger partial charge on any atom is 0.336 e. The highest BCUT2D eigenvalue weighted by atomic mass is 16.4. The van der Waals surface area contributed by atoms with Crippen LogP contribution in [0.1, 0.15) is 48.8 Å². The van der Waals surface area contributed by atoms with Crippen LogP contribution in [0.25, 0.3) is 11.1 Å². The second-order valence-electron chi connectivity index (χ2n) is 8.28. The molecule has 5 heteroatoms. The maximum atomic E-state index is 13.0. The highest BCUT2D eigenvalue weighted by molar-refractivity contribution is 5.95. The molecule has 1 aromatic heterocycles. The molecular formula is C25H26N2O3. The summed E-state index contributed by atoms with van der Waals surface area (Å²) >= 11 is 0. The molecule has 1 N–H and O–H groups in total. The second kappa shape index (κ2) is 8.46. The summed E-state index contributed by atoms with van der Waals surface area (Å²) in [5.41, 5.74) is 3.24. The van der Waals surface area contributed by atoms with Crippen molar-refractivity contribution in [3.63, 3.8) is 0 Å². The molecule has 0 atom stereocenters. The molecule has 0 unspecified atom stereocenters. The van der Waals surface area contributed by atoms with Gasteiger partial charge in [-0.2, -0.15) is 0 Å². The fourth-order valence-electron chi connectivity index (χ4n) is 3.47. The van der Waals surface area contributed by atoms with Crippen molar-refractivity contribution >= 4 is 5.97 Å². The Hall–Kier alpha value is -3.52. The number of carboxylic acid groups (broad SMARTS) is 1. The van der Waals surface area contributed by atoms with Crippen LogP contribution in [0.3, 0.4) is 0 Å². The average Bonchev–Trinajstić information content (AvgIpc) is 3.03. The van der Waals surface area contributed by atoms with Gasteiger partial charge in [-0.05, 0) is 43.5 Å². The summed E-state index contributed by atoms with van der Waals surface area (Å²) in [5.74, 6) is 1.69. The lowest BCUT2D eigenvalue weighted by molar-refractivity contribution is 0.0697. The van der Waals surface area contributed by atoms with Crippen LogP contribution in [0.4, 0.5) is 0 Å². The van der Waals surface area contributed by atoms with E-state index in [1.165, 1.54) is 0 Å². The first-order chi connectivity index (χ1) is 14.2. The Morgan fingerprint density at radius 1 is 1.10 bits per heavy atom. The summed E-state index contributed by atoms with van der Waals surface area (Å²) in [6, 6.07) is 14.6. The molecule has 0 aliphatic carbocycles. The average molecular weight is 402 g/mol. The van der Waals surface area contributed by atoms with Crippen LogP contribution in [0.15, 0.2) is 59.5 Å². The Kier molecular flexibility index (Phi) is 5.98. The van der Waals surface area contributed by atoms with Gasteiger partial charge in [0.2, 0.25) is 0 Å². The fraction of sp³-hybridized carbons (Fsp3) is 0.280. The minimum Gasteiger partial charge on any atom is -0.478 e. The summed E-state index contributed by atoms with van der Waals surface area (Å²) in [6.45, 7) is 6.43. The number of hydrogen-bond donors (Lipinski definition) is 1. The van der Waals surface area contributed by atoms with E-state index in [2.05, 4.69) is 5.92 Å². The van der Waals surface area contributed by atoms with E-state index in [0.29, 0.717) is 24.9 Å². The van der Waals surface area contributed by atoms with Crippen molar-refractivity contribution in [3.05, 3.63) is 82.0 Å². The van der Waals surface area contributed by atoms with E-state index in [9.17, 15) is 14.7 Å². The van der Waals surface area contributed by atoms with Gasteiger partial charge in [0.25, 0.3) is 0 Å². The number of aromatic nitrogens is 2. The Bertz CT molecular complexity index is 1150. The summed E-state index contributed by atoms with van der Waals surface area (Å²) in [5, 5.41) is 9.42. The third-order valence-corrected chi connectivity index (χ3v) is 5.07. The predicted molar refractivity (Wildman–Crippen MR) is 119 cm³/mol. The van der Waals surface area contributed by atoms with Crippen LogP contribution in [0.2, 0.25) is 0 Å². The number of nitrogens with zero attached hydrogens (tertiary/aromatic N) is 2. The lowest BCUT2D eigenvalue weighted by Gasteiger charge is -2.19. The Morgan fingerprint density at radius 3 is 2.37 bits per heavy atom. The predicted octanol–water partition coefficient (Wildman–Crippen LogP) is 4.38. The van der Waals surface area contributed by atoms with Gasteiger partial charge in [0, 0.05) is 30.3 Å². The number of aryl methyl sites for hydroxylation is 1. The number of carboxylic acids is 1. The number of imidazole rings is 1. The number of terminal acetylenes is 1. The molecule has 3 aromatic rings. The highest BCUT2D eigenvalue weighted by Gasteiger charge is 2.20. The van der Waals surface area contributed by atoms with Gasteiger partial charge in [-0.1, -0.05) is 42.5 Å². The van der Waals surface area contributed by atoms with Crippen LogP contribution in [0.5, 0.6) is 0 Å². The van der Waals surface area contributed by atoms with Gasteiger partial charge in [0.05, 0.1) is 12.1 Å². The first kappa shape index (κ1) is 21.2. The maximum absolute atomic E-state index is 13.0. The largest absolute Gasteiger partial charge is 0.478 e. The number of carbonyl (C=O) groups is 1. The Labute approximate surface area is 176 Å². The number of aromatic carboxylic acids is 1. The molecule has 2 aromatic carbocycles. The number of benzene rings is 2. The van der Waals surface area contributed by atoms with Gasteiger partial charge in [-0.3, -0.25) is 9.13 Å². The van der Waals surface area contributed by atoms with Crippen LogP contribution in [-0.2, 0) is 18.5 Å². The standard InChI is InChI=1S/C25H26N2O3/c1-5-6-9-20-17-27(25(2,3)4)24(30)26(20)16-18-12-14-19(15-13-18)21-10-7-8-11-22(21)23(28)29/h1,7-8,10-15,17H,6,9,16H2,2-4H3,(H,28,29). The first-order valence-electron chi connectivity index (χ1n) is 9.89. The Morgan fingerprint density at radius 2 is 1.77 bits per heavy atom. The van der Waals surface area contributed by atoms with E-state index in [4.69, 9.17) is 6.42 Å². The monoisotopic (exact) mass is 402 g/mol. The zero-order chi connectivity index (χ0) is 21.9. The molecule has 0 saturated carbocycles. The van der Waals surface area contributed by atoms with Crippen molar-refractivity contribution in [2.75, 3.05) is 0 Å². The molecule has 0 aliphatic heterocycles. The summed E-state index contributed by atoms with van der Waals surface area (Å²) in [4.78, 5) is 24.5. The lowest BCUT2D eigenvalue weighted by atomic mass is 9.99. The molecule has 0 bridgehead atoms. The molecule has 154 valence electrons. The fourth-order valence-corrected chi connectivity index (χ4v) is 3.47. The second-order valence-corrected chi connectivity index (χ2v) is 8.28. The van der Waals surface area contributed by atoms with E-state index in [1.807, 2.05) is 57.3 Å². The molecule has 0 spiro atoms. The first-order valence-corrected chi connectivity index (χ1v) is 9.89. The Balaban J connectivity index is 1.95. The quantitative estimate of drug-likeness (QED) is 0.622. The van der Waals surface area contributed by atoms with E-state index in [1.54, 1.807) is 27.3 Å². The molecule has 0 fully saturated rings. The van der Waals surface area contributed by atoms with Crippen molar-refractivity contribution in [1.82, 2.24) is 9.13 Å². The molecule has 30 heavy (non-hydrogen) atoms. The summed E-state index contributed by atoms with van der Waals surface area (Å²) in [6.07, 6.45) is 8.53. The third kappa shape index (κ3) is 4.38. The minimum absolute atomic E-state index is 0.0604. The van der Waals surface area contributed by atoms with E-state index >= 15 is 0 Å². The van der Waals surface area contributed by atoms with Gasteiger partial charge in [0.1, 0.15) is 0 Å². The van der Waals surface area contributed by atoms with Gasteiger partial charge >= 0.3 is 11.7 Å². The molecule has 0 radical (unpaired) electrons. The topological polar surface area (TPSA) is 64.2 Å². The molecule has 3 rings (SSSR count). The normalized spacial score (nSPS) is 11.3. The highest BCUT2D eigenvalue weighted by Crippen LogP contribution is 2.24. The summed E-state index contributed by atoms with van der Waals surface area (Å²) < 4.78 is 3.51. The van der Waals surface area contributed by atoms with E-state index in [0.717, 1.165) is 16.8 Å². The summed E-state index contributed by atoms with van der Waals surface area (Å²) in [7, 11) is 0. The van der Waals surface area contributed by atoms with Crippen molar-refractivity contribution in [3.8, 4) is 23.5 Å². The van der Waals surface area contributed by atoms with Gasteiger partial charge in [0.15, 0.2) is 0 Å². The van der Waals surface area contributed by atoms with Crippen molar-refractivity contribution in [2.24, 2.45) is 0 Å². The van der Waals surface area contributed by atoms with Gasteiger partial charge < -0.3 is 5.11 Å². The smallest absolute Gasteiger partial charge is 0.336 e.